The minimum atomic E-state index is -3.45. The Hall–Kier alpha value is -1.83. The number of thioether (sulfide) groups is 1. The molecule has 0 unspecified atom stereocenters. The predicted octanol–water partition coefficient (Wildman–Crippen LogP) is 3.44. The molecule has 142 valence electrons. The van der Waals surface area contributed by atoms with Crippen LogP contribution in [-0.2, 0) is 10.0 Å². The first kappa shape index (κ1) is 18.5. The molecule has 2 aromatic rings. The molecular weight excluding hydrogens is 380 g/mol. The van der Waals surface area contributed by atoms with E-state index in [1.165, 1.54) is 21.3 Å². The lowest BCUT2D eigenvalue weighted by atomic mass is 10.0. The van der Waals surface area contributed by atoms with Crippen molar-refractivity contribution in [1.82, 2.24) is 9.62 Å². The molecule has 4 rings (SSSR count). The van der Waals surface area contributed by atoms with Gasteiger partial charge in [0, 0.05) is 29.3 Å². The second kappa shape index (κ2) is 7.66. The maximum atomic E-state index is 12.7. The maximum Gasteiger partial charge on any atom is 0.251 e. The highest BCUT2D eigenvalue weighted by Gasteiger charge is 2.27. The van der Waals surface area contributed by atoms with Crippen LogP contribution in [0.15, 0.2) is 58.3 Å². The van der Waals surface area contributed by atoms with Crippen molar-refractivity contribution in [1.29, 1.82) is 0 Å². The van der Waals surface area contributed by atoms with Gasteiger partial charge in [-0.1, -0.05) is 18.2 Å². The topological polar surface area (TPSA) is 66.5 Å². The predicted molar refractivity (Wildman–Crippen MR) is 106 cm³/mol. The van der Waals surface area contributed by atoms with Crippen molar-refractivity contribution in [2.45, 2.75) is 35.1 Å². The SMILES string of the molecule is O=C(N[C@@H]1CCSc2ccccc21)c1ccc(S(=O)(=O)N2CCCC2)cc1. The Balaban J connectivity index is 1.49. The quantitative estimate of drug-likeness (QED) is 0.851. The fourth-order valence-corrected chi connectivity index (χ4v) is 6.23. The summed E-state index contributed by atoms with van der Waals surface area (Å²) in [6, 6.07) is 14.4. The van der Waals surface area contributed by atoms with E-state index in [9.17, 15) is 13.2 Å². The van der Waals surface area contributed by atoms with Crippen LogP contribution in [0.5, 0.6) is 0 Å². The number of hydrogen-bond donors (Lipinski definition) is 1. The molecule has 2 aliphatic rings. The van der Waals surface area contributed by atoms with Gasteiger partial charge in [-0.2, -0.15) is 4.31 Å². The maximum absolute atomic E-state index is 12.7. The van der Waals surface area contributed by atoms with E-state index in [-0.39, 0.29) is 16.8 Å². The van der Waals surface area contributed by atoms with Gasteiger partial charge in [-0.05, 0) is 55.2 Å². The minimum absolute atomic E-state index is 0.0111. The molecule has 1 fully saturated rings. The Kier molecular flexibility index (Phi) is 5.25. The Morgan fingerprint density at radius 3 is 2.48 bits per heavy atom. The van der Waals surface area contributed by atoms with Crippen LogP contribution in [0.1, 0.15) is 41.2 Å². The summed E-state index contributed by atoms with van der Waals surface area (Å²) in [5.74, 6) is 0.793. The molecule has 2 heterocycles. The van der Waals surface area contributed by atoms with Crippen LogP contribution in [0.3, 0.4) is 0 Å². The first-order valence-corrected chi connectivity index (χ1v) is 11.6. The molecule has 2 aliphatic heterocycles. The van der Waals surface area contributed by atoms with E-state index in [0.29, 0.717) is 18.7 Å². The summed E-state index contributed by atoms with van der Waals surface area (Å²) in [5, 5.41) is 3.09. The lowest BCUT2D eigenvalue weighted by Gasteiger charge is -2.26. The fraction of sp³-hybridized carbons (Fsp3) is 0.350. The van der Waals surface area contributed by atoms with Gasteiger partial charge < -0.3 is 5.32 Å². The van der Waals surface area contributed by atoms with Crippen molar-refractivity contribution < 1.29 is 13.2 Å². The molecule has 0 saturated carbocycles. The number of rotatable bonds is 4. The molecule has 7 heteroatoms. The molecule has 0 radical (unpaired) electrons. The van der Waals surface area contributed by atoms with Crippen LogP contribution in [0, 0.1) is 0 Å². The first-order valence-electron chi connectivity index (χ1n) is 9.18. The highest BCUT2D eigenvalue weighted by atomic mass is 32.2. The van der Waals surface area contributed by atoms with E-state index in [1.807, 2.05) is 23.9 Å². The number of fused-ring (bicyclic) bond motifs is 1. The summed E-state index contributed by atoms with van der Waals surface area (Å²) in [6.07, 6.45) is 2.69. The standard InChI is InChI=1S/C20H22N2O3S2/c23-20(21-18-11-14-26-19-6-2-1-5-17(18)19)15-7-9-16(10-8-15)27(24,25)22-12-3-4-13-22/h1-2,5-10,18H,3-4,11-14H2,(H,21,23)/t18-/m1/s1. The zero-order valence-corrected chi connectivity index (χ0v) is 16.6. The monoisotopic (exact) mass is 402 g/mol. The Morgan fingerprint density at radius 1 is 1.04 bits per heavy atom. The van der Waals surface area contributed by atoms with Gasteiger partial charge in [0.15, 0.2) is 0 Å². The molecule has 0 aromatic heterocycles. The van der Waals surface area contributed by atoms with Gasteiger partial charge in [0.25, 0.3) is 5.91 Å². The lowest BCUT2D eigenvalue weighted by molar-refractivity contribution is 0.0935. The van der Waals surface area contributed by atoms with E-state index in [4.69, 9.17) is 0 Å². The van der Waals surface area contributed by atoms with Crippen LogP contribution in [0.2, 0.25) is 0 Å². The van der Waals surface area contributed by atoms with Gasteiger partial charge in [0.1, 0.15) is 0 Å². The third-order valence-corrected chi connectivity index (χ3v) is 8.12. The number of hydrogen-bond acceptors (Lipinski definition) is 4. The zero-order valence-electron chi connectivity index (χ0n) is 14.9. The summed E-state index contributed by atoms with van der Waals surface area (Å²) in [6.45, 7) is 1.15. The smallest absolute Gasteiger partial charge is 0.251 e. The third-order valence-electron chi connectivity index (χ3n) is 5.08. The van der Waals surface area contributed by atoms with Gasteiger partial charge in [-0.25, -0.2) is 8.42 Å². The molecule has 0 aliphatic carbocycles. The van der Waals surface area contributed by atoms with Crippen molar-refractivity contribution in [3.05, 3.63) is 59.7 Å². The van der Waals surface area contributed by atoms with Crippen LogP contribution < -0.4 is 5.32 Å². The Bertz CT molecular complexity index is 936. The highest BCUT2D eigenvalue weighted by Crippen LogP contribution is 2.36. The van der Waals surface area contributed by atoms with Gasteiger partial charge >= 0.3 is 0 Å². The summed E-state index contributed by atoms with van der Waals surface area (Å²) in [5.41, 5.74) is 1.63. The molecule has 1 atom stereocenters. The van der Waals surface area contributed by atoms with E-state index < -0.39 is 10.0 Å². The molecule has 2 aromatic carbocycles. The van der Waals surface area contributed by atoms with Gasteiger partial charge in [-0.3, -0.25) is 4.79 Å². The van der Waals surface area contributed by atoms with Crippen LogP contribution in [-0.4, -0.2) is 37.5 Å². The van der Waals surface area contributed by atoms with Crippen LogP contribution in [0.25, 0.3) is 0 Å². The number of nitrogens with zero attached hydrogens (tertiary/aromatic N) is 1. The first-order chi connectivity index (χ1) is 13.1. The highest BCUT2D eigenvalue weighted by molar-refractivity contribution is 7.99. The zero-order chi connectivity index (χ0) is 18.9. The molecule has 0 bridgehead atoms. The average Bonchev–Trinajstić information content (AvgIpc) is 3.24. The number of carbonyl (C=O) groups excluding carboxylic acids is 1. The number of amides is 1. The van der Waals surface area contributed by atoms with Crippen molar-refractivity contribution in [3.63, 3.8) is 0 Å². The van der Waals surface area contributed by atoms with Crippen molar-refractivity contribution in [3.8, 4) is 0 Å². The summed E-state index contributed by atoms with van der Waals surface area (Å²) >= 11 is 1.81. The summed E-state index contributed by atoms with van der Waals surface area (Å²) < 4.78 is 26.7. The van der Waals surface area contributed by atoms with E-state index in [2.05, 4.69) is 17.4 Å². The summed E-state index contributed by atoms with van der Waals surface area (Å²) in [4.78, 5) is 14.1. The molecule has 5 nitrogen and oxygen atoms in total. The van der Waals surface area contributed by atoms with Crippen LogP contribution >= 0.6 is 11.8 Å². The molecular formula is C20H22N2O3S2. The molecule has 1 saturated heterocycles. The van der Waals surface area contributed by atoms with Gasteiger partial charge in [-0.15, -0.1) is 11.8 Å². The Morgan fingerprint density at radius 2 is 1.74 bits per heavy atom. The summed E-state index contributed by atoms with van der Waals surface area (Å²) in [7, 11) is -3.45. The Labute approximate surface area is 164 Å². The average molecular weight is 403 g/mol. The molecule has 0 spiro atoms. The van der Waals surface area contributed by atoms with Gasteiger partial charge in [0.05, 0.1) is 10.9 Å². The van der Waals surface area contributed by atoms with E-state index in [0.717, 1.165) is 30.6 Å². The number of carbonyl (C=O) groups is 1. The normalized spacial score (nSPS) is 20.2. The number of benzene rings is 2. The number of sulfonamides is 1. The largest absolute Gasteiger partial charge is 0.345 e. The second-order valence-electron chi connectivity index (χ2n) is 6.84. The van der Waals surface area contributed by atoms with E-state index in [1.54, 1.807) is 12.1 Å². The van der Waals surface area contributed by atoms with Gasteiger partial charge in [0.2, 0.25) is 10.0 Å². The van der Waals surface area contributed by atoms with Crippen molar-refractivity contribution in [2.24, 2.45) is 0 Å². The fourth-order valence-electron chi connectivity index (χ4n) is 3.59. The molecule has 1 N–H and O–H groups in total. The minimum Gasteiger partial charge on any atom is -0.345 e. The number of nitrogens with one attached hydrogen (secondary N) is 1. The van der Waals surface area contributed by atoms with E-state index >= 15 is 0 Å². The third kappa shape index (κ3) is 3.77. The van der Waals surface area contributed by atoms with Crippen molar-refractivity contribution in [2.75, 3.05) is 18.8 Å². The second-order valence-corrected chi connectivity index (χ2v) is 9.91. The molecule has 27 heavy (non-hydrogen) atoms. The van der Waals surface area contributed by atoms with Crippen molar-refractivity contribution >= 4 is 27.7 Å². The van der Waals surface area contributed by atoms with Crippen LogP contribution in [0.4, 0.5) is 0 Å². The lowest BCUT2D eigenvalue weighted by Crippen LogP contribution is -2.31. The molecule has 1 amide bonds.